The topological polar surface area (TPSA) is 84.9 Å². The van der Waals surface area contributed by atoms with E-state index in [1.807, 2.05) is 24.3 Å². The molecule has 1 N–H and O–H groups in total. The van der Waals surface area contributed by atoms with Crippen molar-refractivity contribution >= 4 is 34.2 Å². The number of amides is 2. The van der Waals surface area contributed by atoms with E-state index in [9.17, 15) is 14.4 Å². The largest absolute Gasteiger partial charge is 0.496 e. The molecule has 1 heterocycles. The number of carbonyl (C=O) groups excluding carboxylic acids is 3. The third-order valence-electron chi connectivity index (χ3n) is 5.96. The van der Waals surface area contributed by atoms with Crippen molar-refractivity contribution in [3.63, 3.8) is 0 Å². The van der Waals surface area contributed by atoms with Gasteiger partial charge in [-0.05, 0) is 48.6 Å². The second-order valence-electron chi connectivity index (χ2n) is 8.01. The van der Waals surface area contributed by atoms with E-state index in [2.05, 4.69) is 5.32 Å². The number of esters is 1. The van der Waals surface area contributed by atoms with Crippen molar-refractivity contribution in [3.05, 3.63) is 71.8 Å². The molecule has 3 aromatic carbocycles. The van der Waals surface area contributed by atoms with Crippen molar-refractivity contribution in [1.82, 2.24) is 4.90 Å². The predicted molar refractivity (Wildman–Crippen MR) is 126 cm³/mol. The lowest BCUT2D eigenvalue weighted by atomic mass is 9.95. The minimum absolute atomic E-state index is 0.0981. The summed E-state index contributed by atoms with van der Waals surface area (Å²) in [7, 11) is 2.92. The molecule has 0 saturated carbocycles. The van der Waals surface area contributed by atoms with E-state index in [4.69, 9.17) is 9.47 Å². The van der Waals surface area contributed by atoms with Gasteiger partial charge in [0.2, 0.25) is 5.91 Å². The number of ether oxygens (including phenoxy) is 2. The van der Waals surface area contributed by atoms with E-state index in [0.29, 0.717) is 42.1 Å². The zero-order valence-electron chi connectivity index (χ0n) is 18.7. The van der Waals surface area contributed by atoms with Crippen LogP contribution in [0.2, 0.25) is 0 Å². The van der Waals surface area contributed by atoms with Crippen LogP contribution in [0, 0.1) is 5.92 Å². The predicted octanol–water partition coefficient (Wildman–Crippen LogP) is 4.13. The van der Waals surface area contributed by atoms with E-state index >= 15 is 0 Å². The summed E-state index contributed by atoms with van der Waals surface area (Å²) in [4.78, 5) is 39.8. The first kappa shape index (κ1) is 22.3. The van der Waals surface area contributed by atoms with Crippen LogP contribution in [-0.2, 0) is 9.53 Å². The third-order valence-corrected chi connectivity index (χ3v) is 5.96. The minimum Gasteiger partial charge on any atom is -0.496 e. The molecule has 0 bridgehead atoms. The van der Waals surface area contributed by atoms with Crippen molar-refractivity contribution in [2.45, 2.75) is 12.8 Å². The first-order valence-electron chi connectivity index (χ1n) is 10.9. The first-order chi connectivity index (χ1) is 16.0. The Labute approximate surface area is 192 Å². The summed E-state index contributed by atoms with van der Waals surface area (Å²) in [6.45, 7) is 0.933. The molecular formula is C26H26N2O5. The second-order valence-corrected chi connectivity index (χ2v) is 8.01. The number of hydrogen-bond acceptors (Lipinski definition) is 5. The van der Waals surface area contributed by atoms with Crippen LogP contribution in [-0.4, -0.2) is 50.0 Å². The maximum Gasteiger partial charge on any atom is 0.337 e. The SMILES string of the molecule is COC(=O)c1cccc(NC(=O)C2CCCN(C(=O)c3ccc(OC)c4ccccc34)C2)c1. The third kappa shape index (κ3) is 4.67. The lowest BCUT2D eigenvalue weighted by Gasteiger charge is -2.32. The number of hydrogen-bond donors (Lipinski definition) is 1. The van der Waals surface area contributed by atoms with Crippen LogP contribution < -0.4 is 10.1 Å². The highest BCUT2D eigenvalue weighted by molar-refractivity contribution is 6.09. The van der Waals surface area contributed by atoms with Gasteiger partial charge in [-0.3, -0.25) is 9.59 Å². The van der Waals surface area contributed by atoms with Crippen molar-refractivity contribution < 1.29 is 23.9 Å². The quantitative estimate of drug-likeness (QED) is 0.596. The molecule has 33 heavy (non-hydrogen) atoms. The highest BCUT2D eigenvalue weighted by atomic mass is 16.5. The summed E-state index contributed by atoms with van der Waals surface area (Å²) >= 11 is 0. The smallest absolute Gasteiger partial charge is 0.337 e. The van der Waals surface area contributed by atoms with Crippen LogP contribution in [0.25, 0.3) is 10.8 Å². The van der Waals surface area contributed by atoms with Crippen molar-refractivity contribution in [2.75, 3.05) is 32.6 Å². The fourth-order valence-electron chi connectivity index (χ4n) is 4.27. The Kier molecular flexibility index (Phi) is 6.58. The summed E-state index contributed by atoms with van der Waals surface area (Å²) < 4.78 is 10.2. The lowest BCUT2D eigenvalue weighted by Crippen LogP contribution is -2.43. The average molecular weight is 447 g/mol. The second kappa shape index (κ2) is 9.73. The minimum atomic E-state index is -0.466. The van der Waals surface area contributed by atoms with Gasteiger partial charge < -0.3 is 19.7 Å². The standard InChI is InChI=1S/C26H26N2O5/c1-32-23-13-12-22(20-10-3-4-11-21(20)23)25(30)28-14-6-8-18(16-28)24(29)27-19-9-5-7-17(15-19)26(31)33-2/h3-5,7,9-13,15,18H,6,8,14,16H2,1-2H3,(H,27,29). The summed E-state index contributed by atoms with van der Waals surface area (Å²) in [5, 5.41) is 4.58. The molecule has 7 heteroatoms. The van der Waals surface area contributed by atoms with E-state index < -0.39 is 5.97 Å². The normalized spacial score (nSPS) is 15.7. The molecule has 170 valence electrons. The molecule has 2 amide bonds. The number of nitrogens with zero attached hydrogens (tertiary/aromatic N) is 1. The number of benzene rings is 3. The number of piperidine rings is 1. The number of likely N-dealkylation sites (tertiary alicyclic amines) is 1. The number of rotatable bonds is 5. The Balaban J connectivity index is 1.50. The molecule has 0 aliphatic carbocycles. The van der Waals surface area contributed by atoms with Crippen molar-refractivity contribution in [3.8, 4) is 5.75 Å². The Morgan fingerprint density at radius 3 is 2.52 bits per heavy atom. The van der Waals surface area contributed by atoms with Crippen LogP contribution >= 0.6 is 0 Å². The molecule has 1 fully saturated rings. The van der Waals surface area contributed by atoms with Gasteiger partial charge in [-0.1, -0.05) is 30.3 Å². The van der Waals surface area contributed by atoms with Gasteiger partial charge in [-0.25, -0.2) is 4.79 Å². The lowest BCUT2D eigenvalue weighted by molar-refractivity contribution is -0.121. The molecule has 1 aliphatic rings. The Morgan fingerprint density at radius 2 is 1.76 bits per heavy atom. The summed E-state index contributed by atoms with van der Waals surface area (Å²) in [5.41, 5.74) is 1.48. The Morgan fingerprint density at radius 1 is 0.970 bits per heavy atom. The molecule has 1 saturated heterocycles. The van der Waals surface area contributed by atoms with Gasteiger partial charge in [0.1, 0.15) is 5.75 Å². The van der Waals surface area contributed by atoms with Crippen molar-refractivity contribution in [1.29, 1.82) is 0 Å². The summed E-state index contributed by atoms with van der Waals surface area (Å²) in [5.74, 6) is -0.360. The Hall–Kier alpha value is -3.87. The molecule has 3 aromatic rings. The van der Waals surface area contributed by atoms with E-state index in [0.717, 1.165) is 17.2 Å². The number of carbonyl (C=O) groups is 3. The van der Waals surface area contributed by atoms with E-state index in [-0.39, 0.29) is 17.7 Å². The highest BCUT2D eigenvalue weighted by Gasteiger charge is 2.30. The maximum absolute atomic E-state index is 13.4. The number of methoxy groups -OCH3 is 2. The van der Waals surface area contributed by atoms with Gasteiger partial charge in [-0.15, -0.1) is 0 Å². The zero-order chi connectivity index (χ0) is 23.4. The van der Waals surface area contributed by atoms with Crippen LogP contribution in [0.15, 0.2) is 60.7 Å². The van der Waals surface area contributed by atoms with Gasteiger partial charge in [0.15, 0.2) is 0 Å². The number of anilines is 1. The molecule has 1 atom stereocenters. The average Bonchev–Trinajstić information content (AvgIpc) is 2.87. The maximum atomic E-state index is 13.4. The van der Waals surface area contributed by atoms with Crippen LogP contribution in [0.4, 0.5) is 5.69 Å². The molecule has 1 unspecified atom stereocenters. The fraction of sp³-hybridized carbons (Fsp3) is 0.269. The molecule has 7 nitrogen and oxygen atoms in total. The Bertz CT molecular complexity index is 1210. The highest BCUT2D eigenvalue weighted by Crippen LogP contribution is 2.30. The van der Waals surface area contributed by atoms with Gasteiger partial charge in [0.05, 0.1) is 25.7 Å². The molecule has 4 rings (SSSR count). The molecule has 0 spiro atoms. The van der Waals surface area contributed by atoms with Gasteiger partial charge in [0, 0.05) is 29.7 Å². The monoisotopic (exact) mass is 446 g/mol. The zero-order valence-corrected chi connectivity index (χ0v) is 18.7. The molecule has 0 aromatic heterocycles. The summed E-state index contributed by atoms with van der Waals surface area (Å²) in [6.07, 6.45) is 1.43. The first-order valence-corrected chi connectivity index (χ1v) is 10.9. The summed E-state index contributed by atoms with van der Waals surface area (Å²) in [6, 6.07) is 17.9. The fourth-order valence-corrected chi connectivity index (χ4v) is 4.27. The van der Waals surface area contributed by atoms with E-state index in [1.165, 1.54) is 7.11 Å². The number of fused-ring (bicyclic) bond motifs is 1. The molecule has 0 radical (unpaired) electrons. The van der Waals surface area contributed by atoms with Crippen LogP contribution in [0.5, 0.6) is 5.75 Å². The molecular weight excluding hydrogens is 420 g/mol. The van der Waals surface area contributed by atoms with E-state index in [1.54, 1.807) is 48.4 Å². The number of nitrogens with one attached hydrogen (secondary N) is 1. The van der Waals surface area contributed by atoms with Gasteiger partial charge >= 0.3 is 5.97 Å². The molecule has 1 aliphatic heterocycles. The van der Waals surface area contributed by atoms with Gasteiger partial charge in [-0.2, -0.15) is 0 Å². The van der Waals surface area contributed by atoms with Gasteiger partial charge in [0.25, 0.3) is 5.91 Å². The van der Waals surface area contributed by atoms with Crippen LogP contribution in [0.3, 0.4) is 0 Å². The van der Waals surface area contributed by atoms with Crippen molar-refractivity contribution in [2.24, 2.45) is 5.92 Å². The van der Waals surface area contributed by atoms with Crippen LogP contribution in [0.1, 0.15) is 33.6 Å².